The summed E-state index contributed by atoms with van der Waals surface area (Å²) in [5, 5.41) is 0. The molecule has 19 heavy (non-hydrogen) atoms. The van der Waals surface area contributed by atoms with Gasteiger partial charge in [0.05, 0.1) is 34.2 Å². The van der Waals surface area contributed by atoms with E-state index >= 15 is 0 Å². The minimum atomic E-state index is -1.83. The van der Waals surface area contributed by atoms with Crippen molar-refractivity contribution in [2.24, 2.45) is 0 Å². The molecule has 0 aliphatic rings. The van der Waals surface area contributed by atoms with Gasteiger partial charge in [-0.15, -0.1) is 0 Å². The summed E-state index contributed by atoms with van der Waals surface area (Å²) in [6.07, 6.45) is -0.983. The van der Waals surface area contributed by atoms with E-state index in [2.05, 4.69) is 18.9 Å². The van der Waals surface area contributed by atoms with Crippen molar-refractivity contribution < 1.29 is 38.1 Å². The van der Waals surface area contributed by atoms with E-state index in [-0.39, 0.29) is 6.79 Å². The third-order valence-corrected chi connectivity index (χ3v) is 2.33. The van der Waals surface area contributed by atoms with Crippen LogP contribution in [0.5, 0.6) is 0 Å². The number of hydrogen-bond acceptors (Lipinski definition) is 8. The van der Waals surface area contributed by atoms with Gasteiger partial charge in [0, 0.05) is 7.11 Å². The van der Waals surface area contributed by atoms with Gasteiger partial charge in [-0.3, -0.25) is 9.59 Å². The summed E-state index contributed by atoms with van der Waals surface area (Å²) in [5.41, 5.74) is -1.83. The Morgan fingerprint density at radius 3 is 1.63 bits per heavy atom. The SMILES string of the molecule is COCOC(CC(=O)OC)(CC(=O)OC)C(=O)OC. The molecule has 0 rings (SSSR count). The molecule has 0 N–H and O–H groups in total. The van der Waals surface area contributed by atoms with Gasteiger partial charge in [-0.25, -0.2) is 4.79 Å². The van der Waals surface area contributed by atoms with Crippen LogP contribution in [0.2, 0.25) is 0 Å². The van der Waals surface area contributed by atoms with Crippen molar-refractivity contribution >= 4 is 17.9 Å². The molecule has 0 radical (unpaired) electrons. The molecule has 0 atom stereocenters. The van der Waals surface area contributed by atoms with Gasteiger partial charge in [0.2, 0.25) is 0 Å². The Kier molecular flexibility index (Phi) is 7.69. The van der Waals surface area contributed by atoms with E-state index in [4.69, 9.17) is 4.74 Å². The van der Waals surface area contributed by atoms with Crippen LogP contribution in [-0.4, -0.2) is 58.7 Å². The van der Waals surface area contributed by atoms with Crippen molar-refractivity contribution in [1.29, 1.82) is 0 Å². The fourth-order valence-electron chi connectivity index (χ4n) is 1.34. The standard InChI is InChI=1S/C11H18O8/c1-15-7-19-11(10(14)18-4,5-8(12)16-2)6-9(13)17-3/h5-7H2,1-4H3. The number of carbonyl (C=O) groups is 3. The predicted octanol–water partition coefficient (Wildman–Crippen LogP) is -0.355. The van der Waals surface area contributed by atoms with Crippen LogP contribution in [0.1, 0.15) is 12.8 Å². The van der Waals surface area contributed by atoms with Gasteiger partial charge >= 0.3 is 17.9 Å². The Bertz CT molecular complexity index is 307. The van der Waals surface area contributed by atoms with Crippen LogP contribution in [0.4, 0.5) is 0 Å². The number of hydrogen-bond donors (Lipinski definition) is 0. The second kappa shape index (κ2) is 8.44. The molecule has 0 spiro atoms. The van der Waals surface area contributed by atoms with Gasteiger partial charge < -0.3 is 23.7 Å². The first-order valence-electron chi connectivity index (χ1n) is 5.30. The van der Waals surface area contributed by atoms with Crippen LogP contribution >= 0.6 is 0 Å². The van der Waals surface area contributed by atoms with Crippen molar-refractivity contribution in [3.05, 3.63) is 0 Å². The van der Waals surface area contributed by atoms with Crippen molar-refractivity contribution in [2.45, 2.75) is 18.4 Å². The van der Waals surface area contributed by atoms with Gasteiger partial charge in [-0.05, 0) is 0 Å². The summed E-state index contributed by atoms with van der Waals surface area (Å²) in [7, 11) is 4.75. The average molecular weight is 278 g/mol. The molecule has 0 heterocycles. The van der Waals surface area contributed by atoms with Crippen molar-refractivity contribution in [3.63, 3.8) is 0 Å². The molecule has 0 aromatic heterocycles. The Balaban J connectivity index is 5.23. The van der Waals surface area contributed by atoms with Gasteiger partial charge in [-0.1, -0.05) is 0 Å². The molecule has 0 bridgehead atoms. The summed E-state index contributed by atoms with van der Waals surface area (Å²) >= 11 is 0. The van der Waals surface area contributed by atoms with Gasteiger partial charge in [0.15, 0.2) is 5.60 Å². The zero-order chi connectivity index (χ0) is 14.9. The molecule has 0 aromatic carbocycles. The monoisotopic (exact) mass is 278 g/mol. The molecule has 0 unspecified atom stereocenters. The molecule has 0 fully saturated rings. The smallest absolute Gasteiger partial charge is 0.339 e. The Labute approximate surface area is 110 Å². The van der Waals surface area contributed by atoms with E-state index < -0.39 is 36.4 Å². The molecule has 8 heteroatoms. The van der Waals surface area contributed by atoms with Gasteiger partial charge in [-0.2, -0.15) is 0 Å². The maximum Gasteiger partial charge on any atom is 0.339 e. The summed E-state index contributed by atoms with van der Waals surface area (Å²) in [5.74, 6) is -2.35. The zero-order valence-corrected chi connectivity index (χ0v) is 11.4. The Morgan fingerprint density at radius 1 is 0.842 bits per heavy atom. The fraction of sp³-hybridized carbons (Fsp3) is 0.727. The first kappa shape index (κ1) is 17.3. The van der Waals surface area contributed by atoms with Crippen molar-refractivity contribution in [3.8, 4) is 0 Å². The quantitative estimate of drug-likeness (QED) is 0.337. The second-order valence-electron chi connectivity index (χ2n) is 3.54. The number of methoxy groups -OCH3 is 4. The molecule has 0 aliphatic carbocycles. The van der Waals surface area contributed by atoms with Gasteiger partial charge in [0.25, 0.3) is 0 Å². The van der Waals surface area contributed by atoms with E-state index in [9.17, 15) is 14.4 Å². The molecule has 8 nitrogen and oxygen atoms in total. The van der Waals surface area contributed by atoms with E-state index in [1.807, 2.05) is 0 Å². The lowest BCUT2D eigenvalue weighted by molar-refractivity contribution is -0.196. The number of esters is 3. The summed E-state index contributed by atoms with van der Waals surface area (Å²) in [6.45, 7) is -0.302. The second-order valence-corrected chi connectivity index (χ2v) is 3.54. The third-order valence-electron chi connectivity index (χ3n) is 2.33. The minimum absolute atomic E-state index is 0.302. The van der Waals surface area contributed by atoms with E-state index in [1.54, 1.807) is 0 Å². The molecule has 0 amide bonds. The number of carbonyl (C=O) groups excluding carboxylic acids is 3. The van der Waals surface area contributed by atoms with Crippen molar-refractivity contribution in [1.82, 2.24) is 0 Å². The topological polar surface area (TPSA) is 97.4 Å². The largest absolute Gasteiger partial charge is 0.469 e. The van der Waals surface area contributed by atoms with Crippen LogP contribution < -0.4 is 0 Å². The van der Waals surface area contributed by atoms with E-state index in [0.717, 1.165) is 21.3 Å². The average Bonchev–Trinajstić information content (AvgIpc) is 2.43. The molecule has 0 aliphatic heterocycles. The Morgan fingerprint density at radius 2 is 1.32 bits per heavy atom. The lowest BCUT2D eigenvalue weighted by Gasteiger charge is -2.28. The van der Waals surface area contributed by atoms with Crippen LogP contribution in [0.25, 0.3) is 0 Å². The fourth-order valence-corrected chi connectivity index (χ4v) is 1.34. The van der Waals surface area contributed by atoms with Crippen LogP contribution in [-0.2, 0) is 38.1 Å². The number of rotatable bonds is 8. The van der Waals surface area contributed by atoms with Crippen LogP contribution in [0, 0.1) is 0 Å². The van der Waals surface area contributed by atoms with Crippen molar-refractivity contribution in [2.75, 3.05) is 35.2 Å². The summed E-state index contributed by atoms with van der Waals surface area (Å²) < 4.78 is 23.4. The molecule has 0 saturated carbocycles. The molecular weight excluding hydrogens is 260 g/mol. The maximum absolute atomic E-state index is 11.8. The van der Waals surface area contributed by atoms with Crippen LogP contribution in [0.15, 0.2) is 0 Å². The highest BCUT2D eigenvalue weighted by molar-refractivity contribution is 5.90. The zero-order valence-electron chi connectivity index (χ0n) is 11.4. The molecule has 0 saturated heterocycles. The van der Waals surface area contributed by atoms with E-state index in [1.165, 1.54) is 7.11 Å². The minimum Gasteiger partial charge on any atom is -0.469 e. The highest BCUT2D eigenvalue weighted by atomic mass is 16.7. The number of ether oxygens (including phenoxy) is 5. The summed E-state index contributed by atoms with van der Waals surface area (Å²) in [6, 6.07) is 0. The lowest BCUT2D eigenvalue weighted by Crippen LogP contribution is -2.47. The normalized spacial score (nSPS) is 10.7. The van der Waals surface area contributed by atoms with Crippen LogP contribution in [0.3, 0.4) is 0 Å². The van der Waals surface area contributed by atoms with E-state index in [0.29, 0.717) is 0 Å². The highest BCUT2D eigenvalue weighted by Crippen LogP contribution is 2.24. The summed E-state index contributed by atoms with van der Waals surface area (Å²) in [4.78, 5) is 34.6. The third kappa shape index (κ3) is 5.23. The van der Waals surface area contributed by atoms with Gasteiger partial charge in [0.1, 0.15) is 6.79 Å². The predicted molar refractivity (Wildman–Crippen MR) is 61.0 cm³/mol. The molecule has 110 valence electrons. The molecule has 0 aromatic rings. The first-order valence-corrected chi connectivity index (χ1v) is 5.30. The lowest BCUT2D eigenvalue weighted by atomic mass is 9.95. The first-order chi connectivity index (χ1) is 8.95. The highest BCUT2D eigenvalue weighted by Gasteiger charge is 2.46. The Hall–Kier alpha value is -1.67. The molecular formula is C11H18O8. The maximum atomic E-state index is 11.8.